The Bertz CT molecular complexity index is 659. The number of rotatable bonds is 4. The SMILES string of the molecule is Cc1cc(C(=O)O)ccc1NC(=O)NCc1ccncn1. The Morgan fingerprint density at radius 1 is 1.29 bits per heavy atom. The van der Waals surface area contributed by atoms with Crippen molar-refractivity contribution in [3.05, 3.63) is 53.6 Å². The summed E-state index contributed by atoms with van der Waals surface area (Å²) in [5, 5.41) is 14.2. The Labute approximate surface area is 121 Å². The molecule has 0 bridgehead atoms. The second kappa shape index (κ2) is 6.47. The van der Waals surface area contributed by atoms with Gasteiger partial charge in [-0.1, -0.05) is 0 Å². The van der Waals surface area contributed by atoms with E-state index in [-0.39, 0.29) is 18.1 Å². The van der Waals surface area contributed by atoms with Crippen LogP contribution in [0.1, 0.15) is 21.6 Å². The van der Waals surface area contributed by atoms with E-state index in [1.807, 2.05) is 0 Å². The lowest BCUT2D eigenvalue weighted by Gasteiger charge is -2.10. The molecule has 0 radical (unpaired) electrons. The fourth-order valence-corrected chi connectivity index (χ4v) is 1.70. The molecule has 0 aliphatic carbocycles. The number of anilines is 1. The lowest BCUT2D eigenvalue weighted by Crippen LogP contribution is -2.28. The number of carbonyl (C=O) groups excluding carboxylic acids is 1. The van der Waals surface area contributed by atoms with Crippen LogP contribution in [0.2, 0.25) is 0 Å². The molecule has 2 aromatic rings. The highest BCUT2D eigenvalue weighted by molar-refractivity contribution is 5.92. The van der Waals surface area contributed by atoms with Gasteiger partial charge in [0, 0.05) is 11.9 Å². The van der Waals surface area contributed by atoms with Crippen molar-refractivity contribution in [2.45, 2.75) is 13.5 Å². The zero-order valence-corrected chi connectivity index (χ0v) is 11.3. The van der Waals surface area contributed by atoms with Crippen LogP contribution < -0.4 is 10.6 Å². The number of nitrogens with zero attached hydrogens (tertiary/aromatic N) is 2. The maximum Gasteiger partial charge on any atom is 0.335 e. The van der Waals surface area contributed by atoms with Crippen LogP contribution in [0, 0.1) is 6.92 Å². The van der Waals surface area contributed by atoms with E-state index in [0.29, 0.717) is 16.9 Å². The van der Waals surface area contributed by atoms with Crippen molar-refractivity contribution in [1.29, 1.82) is 0 Å². The van der Waals surface area contributed by atoms with Gasteiger partial charge in [-0.05, 0) is 36.8 Å². The smallest absolute Gasteiger partial charge is 0.335 e. The number of aromatic carboxylic acids is 1. The van der Waals surface area contributed by atoms with E-state index in [0.717, 1.165) is 0 Å². The predicted molar refractivity (Wildman–Crippen MR) is 76.0 cm³/mol. The summed E-state index contributed by atoms with van der Waals surface area (Å²) in [5.41, 5.74) is 2.10. The van der Waals surface area contributed by atoms with Gasteiger partial charge in [0.05, 0.1) is 17.8 Å². The van der Waals surface area contributed by atoms with Gasteiger partial charge in [-0.15, -0.1) is 0 Å². The molecule has 3 N–H and O–H groups in total. The molecule has 0 aliphatic heterocycles. The Balaban J connectivity index is 1.95. The summed E-state index contributed by atoms with van der Waals surface area (Å²) >= 11 is 0. The molecular weight excluding hydrogens is 272 g/mol. The molecule has 0 aliphatic rings. The molecule has 1 heterocycles. The number of amides is 2. The zero-order valence-electron chi connectivity index (χ0n) is 11.3. The highest BCUT2D eigenvalue weighted by atomic mass is 16.4. The molecule has 2 rings (SSSR count). The van der Waals surface area contributed by atoms with E-state index in [1.165, 1.54) is 18.5 Å². The molecule has 7 nitrogen and oxygen atoms in total. The van der Waals surface area contributed by atoms with Gasteiger partial charge in [0.25, 0.3) is 0 Å². The molecule has 1 aromatic carbocycles. The first-order valence-corrected chi connectivity index (χ1v) is 6.20. The van der Waals surface area contributed by atoms with E-state index in [1.54, 1.807) is 25.3 Å². The summed E-state index contributed by atoms with van der Waals surface area (Å²) < 4.78 is 0. The van der Waals surface area contributed by atoms with Crippen molar-refractivity contribution in [2.75, 3.05) is 5.32 Å². The lowest BCUT2D eigenvalue weighted by molar-refractivity contribution is 0.0697. The number of urea groups is 1. The standard InChI is InChI=1S/C14H14N4O3/c1-9-6-10(13(19)20)2-3-12(9)18-14(21)16-7-11-4-5-15-8-17-11/h2-6,8H,7H2,1H3,(H,19,20)(H2,16,18,21). The summed E-state index contributed by atoms with van der Waals surface area (Å²) in [6.07, 6.45) is 3.00. The molecule has 108 valence electrons. The minimum absolute atomic E-state index is 0.180. The minimum atomic E-state index is -1.00. The second-order valence-corrected chi connectivity index (χ2v) is 4.34. The molecule has 7 heteroatoms. The predicted octanol–water partition coefficient (Wildman–Crippen LogP) is 1.80. The van der Waals surface area contributed by atoms with Crippen molar-refractivity contribution in [2.24, 2.45) is 0 Å². The molecular formula is C14H14N4O3. The molecule has 0 unspecified atom stereocenters. The van der Waals surface area contributed by atoms with Gasteiger partial charge in [-0.2, -0.15) is 0 Å². The summed E-state index contributed by atoms with van der Waals surface area (Å²) in [4.78, 5) is 30.4. The van der Waals surface area contributed by atoms with Crippen LogP contribution in [0.3, 0.4) is 0 Å². The number of hydrogen-bond donors (Lipinski definition) is 3. The van der Waals surface area contributed by atoms with Crippen LogP contribution >= 0.6 is 0 Å². The number of nitrogens with one attached hydrogen (secondary N) is 2. The van der Waals surface area contributed by atoms with Crippen molar-refractivity contribution in [3.63, 3.8) is 0 Å². The Kier molecular flexibility index (Phi) is 4.45. The maximum absolute atomic E-state index is 11.8. The van der Waals surface area contributed by atoms with Gasteiger partial charge < -0.3 is 15.7 Å². The number of benzene rings is 1. The number of hydrogen-bond acceptors (Lipinski definition) is 4. The first-order valence-electron chi connectivity index (χ1n) is 6.20. The van der Waals surface area contributed by atoms with E-state index in [2.05, 4.69) is 20.6 Å². The normalized spacial score (nSPS) is 9.95. The Morgan fingerprint density at radius 3 is 2.71 bits per heavy atom. The third-order valence-electron chi connectivity index (χ3n) is 2.79. The Morgan fingerprint density at radius 2 is 2.10 bits per heavy atom. The number of carboxylic acid groups (broad SMARTS) is 1. The third-order valence-corrected chi connectivity index (χ3v) is 2.79. The molecule has 2 amide bonds. The summed E-state index contributed by atoms with van der Waals surface area (Å²) in [5.74, 6) is -1.00. The van der Waals surface area contributed by atoms with Crippen LogP contribution in [-0.2, 0) is 6.54 Å². The first kappa shape index (κ1) is 14.4. The van der Waals surface area contributed by atoms with Crippen LogP contribution in [-0.4, -0.2) is 27.1 Å². The molecule has 0 saturated heterocycles. The molecule has 0 atom stereocenters. The summed E-state index contributed by atoms with van der Waals surface area (Å²) in [6, 6.07) is 5.81. The van der Waals surface area contributed by atoms with Gasteiger partial charge in [0.15, 0.2) is 0 Å². The Hall–Kier alpha value is -2.96. The van der Waals surface area contributed by atoms with Gasteiger partial charge in [-0.3, -0.25) is 0 Å². The summed E-state index contributed by atoms with van der Waals surface area (Å²) in [6.45, 7) is 2.01. The van der Waals surface area contributed by atoms with Crippen molar-refractivity contribution < 1.29 is 14.7 Å². The van der Waals surface area contributed by atoms with Crippen molar-refractivity contribution in [3.8, 4) is 0 Å². The number of carboxylic acids is 1. The zero-order chi connectivity index (χ0) is 15.2. The second-order valence-electron chi connectivity index (χ2n) is 4.34. The summed E-state index contributed by atoms with van der Waals surface area (Å²) in [7, 11) is 0. The van der Waals surface area contributed by atoms with Crippen LogP contribution in [0.15, 0.2) is 36.8 Å². The van der Waals surface area contributed by atoms with Crippen molar-refractivity contribution in [1.82, 2.24) is 15.3 Å². The van der Waals surface area contributed by atoms with Crippen LogP contribution in [0.5, 0.6) is 0 Å². The quantitative estimate of drug-likeness (QED) is 0.795. The van der Waals surface area contributed by atoms with E-state index < -0.39 is 5.97 Å². The fraction of sp³-hybridized carbons (Fsp3) is 0.143. The fourth-order valence-electron chi connectivity index (χ4n) is 1.70. The number of aryl methyl sites for hydroxylation is 1. The van der Waals surface area contributed by atoms with Gasteiger partial charge >= 0.3 is 12.0 Å². The maximum atomic E-state index is 11.8. The number of carbonyl (C=O) groups is 2. The molecule has 21 heavy (non-hydrogen) atoms. The molecule has 0 spiro atoms. The van der Waals surface area contributed by atoms with E-state index >= 15 is 0 Å². The largest absolute Gasteiger partial charge is 0.478 e. The van der Waals surface area contributed by atoms with E-state index in [4.69, 9.17) is 5.11 Å². The highest BCUT2D eigenvalue weighted by Crippen LogP contribution is 2.16. The monoisotopic (exact) mass is 286 g/mol. The minimum Gasteiger partial charge on any atom is -0.478 e. The van der Waals surface area contributed by atoms with Crippen molar-refractivity contribution >= 4 is 17.7 Å². The average molecular weight is 286 g/mol. The van der Waals surface area contributed by atoms with Gasteiger partial charge in [0.1, 0.15) is 6.33 Å². The van der Waals surface area contributed by atoms with Gasteiger partial charge in [-0.25, -0.2) is 19.6 Å². The lowest BCUT2D eigenvalue weighted by atomic mass is 10.1. The average Bonchev–Trinajstić information content (AvgIpc) is 2.48. The molecule has 0 saturated carbocycles. The van der Waals surface area contributed by atoms with Crippen LogP contribution in [0.4, 0.5) is 10.5 Å². The van der Waals surface area contributed by atoms with E-state index in [9.17, 15) is 9.59 Å². The first-order chi connectivity index (χ1) is 10.1. The van der Waals surface area contributed by atoms with Crippen LogP contribution in [0.25, 0.3) is 0 Å². The topological polar surface area (TPSA) is 104 Å². The highest BCUT2D eigenvalue weighted by Gasteiger charge is 2.08. The van der Waals surface area contributed by atoms with Gasteiger partial charge in [0.2, 0.25) is 0 Å². The molecule has 1 aromatic heterocycles. The number of aromatic nitrogens is 2. The third kappa shape index (κ3) is 4.00. The molecule has 0 fully saturated rings.